The summed E-state index contributed by atoms with van der Waals surface area (Å²) in [7, 11) is 0. The number of hydrogen-bond acceptors (Lipinski definition) is 7. The molecule has 1 rings (SSSR count). The van der Waals surface area contributed by atoms with Crippen LogP contribution >= 0.6 is 0 Å². The molecule has 3 N–H and O–H groups in total. The van der Waals surface area contributed by atoms with Crippen LogP contribution in [0.1, 0.15) is 19.8 Å². The number of carboxylic acids is 2. The van der Waals surface area contributed by atoms with Crippen molar-refractivity contribution in [2.75, 3.05) is 6.54 Å². The van der Waals surface area contributed by atoms with Crippen LogP contribution < -0.4 is 5.43 Å². The highest BCUT2D eigenvalue weighted by atomic mass is 16.4. The zero-order valence-corrected chi connectivity index (χ0v) is 12.0. The Morgan fingerprint density at radius 2 is 2.00 bits per heavy atom. The van der Waals surface area contributed by atoms with Crippen molar-refractivity contribution in [1.29, 1.82) is 0 Å². The van der Waals surface area contributed by atoms with Gasteiger partial charge in [0.1, 0.15) is 18.6 Å². The molecule has 1 fully saturated rings. The molecule has 9 nitrogen and oxygen atoms in total. The van der Waals surface area contributed by atoms with Gasteiger partial charge in [-0.3, -0.25) is 14.4 Å². The summed E-state index contributed by atoms with van der Waals surface area (Å²) in [6.07, 6.45) is 0.387. The van der Waals surface area contributed by atoms with Gasteiger partial charge in [-0.25, -0.2) is 10.4 Å². The van der Waals surface area contributed by atoms with Gasteiger partial charge in [-0.15, -0.1) is 0 Å². The van der Waals surface area contributed by atoms with Crippen LogP contribution in [0.5, 0.6) is 0 Å². The molecule has 0 radical (unpaired) electrons. The summed E-state index contributed by atoms with van der Waals surface area (Å²) in [5.74, 6) is -4.77. The lowest BCUT2D eigenvalue weighted by Crippen LogP contribution is -2.61. The van der Waals surface area contributed by atoms with E-state index in [1.54, 1.807) is 0 Å². The maximum Gasteiger partial charge on any atom is 0.322 e. The summed E-state index contributed by atoms with van der Waals surface area (Å²) in [6.45, 7) is 1.49. The Morgan fingerprint density at radius 3 is 2.45 bits per heavy atom. The number of hydrazine groups is 1. The minimum Gasteiger partial charge on any atom is -0.481 e. The van der Waals surface area contributed by atoms with E-state index < -0.39 is 41.6 Å². The monoisotopic (exact) mass is 314 g/mol. The molecule has 0 amide bonds. The second kappa shape index (κ2) is 7.76. The summed E-state index contributed by atoms with van der Waals surface area (Å²) >= 11 is 0. The van der Waals surface area contributed by atoms with Gasteiger partial charge in [0.2, 0.25) is 0 Å². The molecule has 0 aromatic carbocycles. The second-order valence-electron chi connectivity index (χ2n) is 5.14. The molecule has 0 spiro atoms. The Balaban J connectivity index is 2.82. The average Bonchev–Trinajstić information content (AvgIpc) is 2.46. The fourth-order valence-electron chi connectivity index (χ4n) is 2.31. The number of carboxylic acid groups (broad SMARTS) is 2. The highest BCUT2D eigenvalue weighted by molar-refractivity contribution is 5.99. The summed E-state index contributed by atoms with van der Waals surface area (Å²) in [5.41, 5.74) is 2.57. The van der Waals surface area contributed by atoms with Gasteiger partial charge in [0.25, 0.3) is 0 Å². The van der Waals surface area contributed by atoms with Crippen LogP contribution in [-0.4, -0.2) is 64.1 Å². The molecule has 22 heavy (non-hydrogen) atoms. The largest absolute Gasteiger partial charge is 0.481 e. The van der Waals surface area contributed by atoms with Gasteiger partial charge in [-0.05, 0) is 13.3 Å². The van der Waals surface area contributed by atoms with Crippen molar-refractivity contribution in [3.8, 4) is 0 Å². The summed E-state index contributed by atoms with van der Waals surface area (Å²) in [4.78, 5) is 55.7. The number of carbonyl (C=O) groups is 5. The van der Waals surface area contributed by atoms with Crippen LogP contribution in [0.3, 0.4) is 0 Å². The summed E-state index contributed by atoms with van der Waals surface area (Å²) in [6, 6.07) is -2.00. The molecule has 0 saturated carbocycles. The molecule has 4 atom stereocenters. The highest BCUT2D eigenvalue weighted by Crippen LogP contribution is 2.21. The first kappa shape index (κ1) is 17.9. The van der Waals surface area contributed by atoms with E-state index in [1.807, 2.05) is 0 Å². The molecular weight excluding hydrogens is 296 g/mol. The van der Waals surface area contributed by atoms with Crippen LogP contribution in [0.25, 0.3) is 0 Å². The molecule has 1 heterocycles. The summed E-state index contributed by atoms with van der Waals surface area (Å²) < 4.78 is 0. The maximum absolute atomic E-state index is 12.0. The van der Waals surface area contributed by atoms with E-state index in [0.717, 1.165) is 0 Å². The van der Waals surface area contributed by atoms with Gasteiger partial charge >= 0.3 is 11.9 Å². The zero-order chi connectivity index (χ0) is 16.9. The van der Waals surface area contributed by atoms with E-state index in [9.17, 15) is 24.0 Å². The predicted molar refractivity (Wildman–Crippen MR) is 71.7 cm³/mol. The van der Waals surface area contributed by atoms with Crippen molar-refractivity contribution in [1.82, 2.24) is 10.4 Å². The number of aliphatic carboxylic acids is 2. The molecule has 0 bridgehead atoms. The molecule has 1 aliphatic rings. The van der Waals surface area contributed by atoms with Gasteiger partial charge in [0, 0.05) is 18.9 Å². The number of hydrogen-bond donors (Lipinski definition) is 3. The van der Waals surface area contributed by atoms with Crippen LogP contribution in [0.15, 0.2) is 0 Å². The van der Waals surface area contributed by atoms with Gasteiger partial charge in [-0.1, -0.05) is 0 Å². The SMILES string of the molecule is CC1C(=O)C(C=O)C(C=O)CN1N[C@@H](CCC(=O)O)C(=O)O. The number of piperidine rings is 1. The topological polar surface area (TPSA) is 141 Å². The lowest BCUT2D eigenvalue weighted by molar-refractivity contribution is -0.149. The molecule has 0 aromatic rings. The molecule has 0 aliphatic carbocycles. The highest BCUT2D eigenvalue weighted by Gasteiger charge is 2.41. The molecule has 1 aliphatic heterocycles. The minimum absolute atomic E-state index is 0.00331. The molecular formula is C13H18N2O7. The van der Waals surface area contributed by atoms with Crippen molar-refractivity contribution >= 4 is 30.3 Å². The van der Waals surface area contributed by atoms with Crippen LogP contribution in [-0.2, 0) is 24.0 Å². The molecule has 122 valence electrons. The average molecular weight is 314 g/mol. The van der Waals surface area contributed by atoms with Gasteiger partial charge in [0.15, 0.2) is 5.78 Å². The Hall–Kier alpha value is -2.13. The number of ketones is 1. The van der Waals surface area contributed by atoms with Crippen molar-refractivity contribution < 1.29 is 34.2 Å². The van der Waals surface area contributed by atoms with Crippen molar-refractivity contribution in [2.45, 2.75) is 31.8 Å². The predicted octanol–water partition coefficient (Wildman–Crippen LogP) is -1.29. The van der Waals surface area contributed by atoms with Gasteiger partial charge in [-0.2, -0.15) is 0 Å². The standard InChI is InChI=1S/C13H18N2O7/c1-7-12(20)9(6-17)8(5-16)4-15(7)14-10(13(21)22)2-3-11(18)19/h5-10,14H,2-4H2,1H3,(H,18,19)(H,21,22)/t7?,8?,9?,10-/m0/s1. The molecule has 9 heteroatoms. The van der Waals surface area contributed by atoms with E-state index in [2.05, 4.69) is 5.43 Å². The second-order valence-corrected chi connectivity index (χ2v) is 5.14. The number of Topliss-reactive ketones (excluding diaryl/α,β-unsaturated/α-hetero) is 1. The Morgan fingerprint density at radius 1 is 1.36 bits per heavy atom. The van der Waals surface area contributed by atoms with Gasteiger partial charge < -0.3 is 19.8 Å². The normalized spacial score (nSPS) is 27.1. The molecule has 3 unspecified atom stereocenters. The van der Waals surface area contributed by atoms with E-state index in [4.69, 9.17) is 10.2 Å². The summed E-state index contributed by atoms with van der Waals surface area (Å²) in [5, 5.41) is 19.0. The quantitative estimate of drug-likeness (QED) is 0.368. The maximum atomic E-state index is 12.0. The van der Waals surface area contributed by atoms with Gasteiger partial charge in [0.05, 0.1) is 12.0 Å². The molecule has 0 aromatic heterocycles. The lowest BCUT2D eigenvalue weighted by Gasteiger charge is -2.39. The number of rotatable bonds is 8. The first-order valence-corrected chi connectivity index (χ1v) is 6.73. The number of nitrogens with zero attached hydrogens (tertiary/aromatic N) is 1. The van der Waals surface area contributed by atoms with E-state index in [0.29, 0.717) is 12.6 Å². The van der Waals surface area contributed by atoms with Crippen molar-refractivity contribution in [3.05, 3.63) is 0 Å². The zero-order valence-electron chi connectivity index (χ0n) is 12.0. The number of carbonyl (C=O) groups excluding carboxylic acids is 3. The third-order valence-electron chi connectivity index (χ3n) is 3.66. The smallest absolute Gasteiger partial charge is 0.322 e. The molecule has 1 saturated heterocycles. The van der Waals surface area contributed by atoms with E-state index in [-0.39, 0.29) is 19.4 Å². The number of nitrogens with one attached hydrogen (secondary N) is 1. The van der Waals surface area contributed by atoms with Crippen LogP contribution in [0, 0.1) is 11.8 Å². The van der Waals surface area contributed by atoms with Crippen molar-refractivity contribution in [3.63, 3.8) is 0 Å². The first-order chi connectivity index (χ1) is 10.3. The minimum atomic E-state index is -1.26. The Labute approximate surface area is 126 Å². The number of aldehydes is 2. The first-order valence-electron chi connectivity index (χ1n) is 6.73. The van der Waals surface area contributed by atoms with Crippen LogP contribution in [0.2, 0.25) is 0 Å². The van der Waals surface area contributed by atoms with Crippen LogP contribution in [0.4, 0.5) is 0 Å². The van der Waals surface area contributed by atoms with E-state index in [1.165, 1.54) is 11.9 Å². The fraction of sp³-hybridized carbons (Fsp3) is 0.615. The Kier molecular flexibility index (Phi) is 6.32. The van der Waals surface area contributed by atoms with E-state index >= 15 is 0 Å². The fourth-order valence-corrected chi connectivity index (χ4v) is 2.31. The Bertz CT molecular complexity index is 479. The third-order valence-corrected chi connectivity index (χ3v) is 3.66. The van der Waals surface area contributed by atoms with Crippen molar-refractivity contribution in [2.24, 2.45) is 11.8 Å². The third kappa shape index (κ3) is 4.18. The lowest BCUT2D eigenvalue weighted by atomic mass is 9.83.